The molecule has 2 aliphatic heterocycles. The topological polar surface area (TPSA) is 104 Å². The molecule has 0 atom stereocenters. The second kappa shape index (κ2) is 5.99. The Labute approximate surface area is 144 Å². The lowest BCUT2D eigenvalue weighted by Gasteiger charge is -2.36. The van der Waals surface area contributed by atoms with E-state index in [9.17, 15) is 18.0 Å². The molecule has 3 heterocycles. The highest BCUT2D eigenvalue weighted by atomic mass is 32.2. The number of hydrogen-bond donors (Lipinski definition) is 1. The average Bonchev–Trinajstić information content (AvgIpc) is 3.18. The van der Waals surface area contributed by atoms with E-state index in [2.05, 4.69) is 4.98 Å². The van der Waals surface area contributed by atoms with Crippen LogP contribution >= 0.6 is 0 Å². The normalized spacial score (nSPS) is 20.6. The molecular formula is C16H19N3O5S. The maximum absolute atomic E-state index is 12.9. The monoisotopic (exact) mass is 365 g/mol. The summed E-state index contributed by atoms with van der Waals surface area (Å²) < 4.78 is 32.1. The van der Waals surface area contributed by atoms with Gasteiger partial charge < -0.3 is 9.32 Å². The summed E-state index contributed by atoms with van der Waals surface area (Å²) >= 11 is 0. The minimum atomic E-state index is -3.64. The number of oxazole rings is 1. The molecule has 9 heteroatoms. The fourth-order valence-corrected chi connectivity index (χ4v) is 5.19. The standard InChI is InChI=1S/C16H19N3O5S/c20-15-2-1-7-19(15)11-5-8-18(9-6-11)25(22,23)12-3-4-14-13(10-12)17-16(21)24-14/h3-4,10-11H,1-2,5-9H2,(H,17,21). The van der Waals surface area contributed by atoms with Gasteiger partial charge in [0.15, 0.2) is 5.58 Å². The summed E-state index contributed by atoms with van der Waals surface area (Å²) in [5.74, 6) is -0.434. The van der Waals surface area contributed by atoms with Crippen molar-refractivity contribution in [3.63, 3.8) is 0 Å². The Bertz CT molecular complexity index is 969. The van der Waals surface area contributed by atoms with Gasteiger partial charge in [-0.1, -0.05) is 0 Å². The predicted octanol–water partition coefficient (Wildman–Crippen LogP) is 0.897. The zero-order valence-corrected chi connectivity index (χ0v) is 14.4. The second-order valence-corrected chi connectivity index (χ2v) is 8.44. The third kappa shape index (κ3) is 2.87. The maximum Gasteiger partial charge on any atom is 0.417 e. The minimum absolute atomic E-state index is 0.132. The number of sulfonamides is 1. The van der Waals surface area contributed by atoms with Crippen molar-refractivity contribution in [3.8, 4) is 0 Å². The molecule has 8 nitrogen and oxygen atoms in total. The van der Waals surface area contributed by atoms with Gasteiger partial charge in [-0.15, -0.1) is 0 Å². The third-order valence-corrected chi connectivity index (χ3v) is 6.90. The van der Waals surface area contributed by atoms with Crippen molar-refractivity contribution in [2.45, 2.75) is 36.6 Å². The zero-order valence-electron chi connectivity index (χ0n) is 13.6. The highest BCUT2D eigenvalue weighted by Crippen LogP contribution is 2.26. The number of fused-ring (bicyclic) bond motifs is 1. The van der Waals surface area contributed by atoms with Crippen LogP contribution in [-0.4, -0.2) is 54.2 Å². The van der Waals surface area contributed by atoms with Crippen LogP contribution in [0, 0.1) is 0 Å². The lowest BCUT2D eigenvalue weighted by molar-refractivity contribution is -0.130. The molecule has 0 aliphatic carbocycles. The first-order valence-electron chi connectivity index (χ1n) is 8.38. The molecule has 25 heavy (non-hydrogen) atoms. The van der Waals surface area contributed by atoms with Gasteiger partial charge in [0.1, 0.15) is 0 Å². The second-order valence-electron chi connectivity index (χ2n) is 6.50. The van der Waals surface area contributed by atoms with Gasteiger partial charge in [0.2, 0.25) is 15.9 Å². The first-order valence-corrected chi connectivity index (χ1v) is 9.82. The Morgan fingerprint density at radius 3 is 2.56 bits per heavy atom. The summed E-state index contributed by atoms with van der Waals surface area (Å²) in [5.41, 5.74) is 0.693. The molecule has 2 aromatic rings. The van der Waals surface area contributed by atoms with Crippen LogP contribution in [0.15, 0.2) is 32.3 Å². The van der Waals surface area contributed by atoms with Crippen molar-refractivity contribution in [1.82, 2.24) is 14.2 Å². The molecule has 2 fully saturated rings. The van der Waals surface area contributed by atoms with Gasteiger partial charge >= 0.3 is 5.76 Å². The number of benzene rings is 1. The van der Waals surface area contributed by atoms with Crippen LogP contribution in [0.25, 0.3) is 11.1 Å². The minimum Gasteiger partial charge on any atom is -0.408 e. The average molecular weight is 365 g/mol. The number of carbonyl (C=O) groups excluding carboxylic acids is 1. The summed E-state index contributed by atoms with van der Waals surface area (Å²) in [6.07, 6.45) is 2.78. The van der Waals surface area contributed by atoms with E-state index in [0.29, 0.717) is 43.5 Å². The Kier molecular flexibility index (Phi) is 3.92. The summed E-state index contributed by atoms with van der Waals surface area (Å²) in [6, 6.07) is 4.49. The van der Waals surface area contributed by atoms with E-state index in [-0.39, 0.29) is 16.8 Å². The molecule has 0 unspecified atom stereocenters. The lowest BCUT2D eigenvalue weighted by atomic mass is 10.1. The van der Waals surface area contributed by atoms with E-state index in [1.54, 1.807) is 0 Å². The number of carbonyl (C=O) groups is 1. The molecular weight excluding hydrogens is 346 g/mol. The molecule has 0 spiro atoms. The van der Waals surface area contributed by atoms with Crippen LogP contribution < -0.4 is 5.76 Å². The molecule has 1 amide bonds. The molecule has 1 N–H and O–H groups in total. The molecule has 4 rings (SSSR count). The van der Waals surface area contributed by atoms with Crippen LogP contribution in [0.5, 0.6) is 0 Å². The summed E-state index contributed by atoms with van der Waals surface area (Å²) in [5, 5.41) is 0. The van der Waals surface area contributed by atoms with Crippen LogP contribution in [-0.2, 0) is 14.8 Å². The highest BCUT2D eigenvalue weighted by Gasteiger charge is 2.34. The van der Waals surface area contributed by atoms with Gasteiger partial charge in [-0.2, -0.15) is 4.31 Å². The van der Waals surface area contributed by atoms with E-state index >= 15 is 0 Å². The first kappa shape index (κ1) is 16.3. The van der Waals surface area contributed by atoms with Gasteiger partial charge in [-0.25, -0.2) is 13.2 Å². The van der Waals surface area contributed by atoms with E-state index in [4.69, 9.17) is 4.42 Å². The van der Waals surface area contributed by atoms with Crippen molar-refractivity contribution < 1.29 is 17.6 Å². The van der Waals surface area contributed by atoms with Crippen molar-refractivity contribution in [2.24, 2.45) is 0 Å². The quantitative estimate of drug-likeness (QED) is 0.870. The molecule has 0 bridgehead atoms. The highest BCUT2D eigenvalue weighted by molar-refractivity contribution is 7.89. The summed E-state index contributed by atoms with van der Waals surface area (Å²) in [6.45, 7) is 1.55. The van der Waals surface area contributed by atoms with Crippen LogP contribution in [0.4, 0.5) is 0 Å². The number of hydrogen-bond acceptors (Lipinski definition) is 5. The van der Waals surface area contributed by atoms with Crippen molar-refractivity contribution in [3.05, 3.63) is 28.7 Å². The Morgan fingerprint density at radius 1 is 1.12 bits per heavy atom. The van der Waals surface area contributed by atoms with Crippen LogP contribution in [0.1, 0.15) is 25.7 Å². The summed E-state index contributed by atoms with van der Waals surface area (Å²) in [7, 11) is -3.64. The van der Waals surface area contributed by atoms with E-state index in [1.165, 1.54) is 22.5 Å². The largest absolute Gasteiger partial charge is 0.417 e. The van der Waals surface area contributed by atoms with E-state index < -0.39 is 15.8 Å². The number of rotatable bonds is 3. The number of piperidine rings is 1. The smallest absolute Gasteiger partial charge is 0.408 e. The molecule has 1 aromatic heterocycles. The number of nitrogens with one attached hydrogen (secondary N) is 1. The zero-order chi connectivity index (χ0) is 17.6. The van der Waals surface area contributed by atoms with Crippen molar-refractivity contribution in [1.29, 1.82) is 0 Å². The molecule has 134 valence electrons. The SMILES string of the molecule is O=C1CCCN1C1CCN(S(=O)(=O)c2ccc3oc(=O)[nH]c3c2)CC1. The maximum atomic E-state index is 12.9. The van der Waals surface area contributed by atoms with Crippen LogP contribution in [0.2, 0.25) is 0 Å². The number of nitrogens with zero attached hydrogens (tertiary/aromatic N) is 2. The lowest BCUT2D eigenvalue weighted by Crippen LogP contribution is -2.47. The Morgan fingerprint density at radius 2 is 1.88 bits per heavy atom. The van der Waals surface area contributed by atoms with Gasteiger partial charge in [-0.3, -0.25) is 9.78 Å². The number of likely N-dealkylation sites (tertiary alicyclic amines) is 1. The number of aromatic amines is 1. The van der Waals surface area contributed by atoms with Gasteiger partial charge in [0.25, 0.3) is 0 Å². The number of aromatic nitrogens is 1. The van der Waals surface area contributed by atoms with E-state index in [0.717, 1.165) is 13.0 Å². The Balaban J connectivity index is 1.52. The molecule has 0 saturated carbocycles. The first-order chi connectivity index (χ1) is 11.9. The van der Waals surface area contributed by atoms with Crippen LogP contribution in [0.3, 0.4) is 0 Å². The fourth-order valence-electron chi connectivity index (χ4n) is 3.69. The van der Waals surface area contributed by atoms with Gasteiger partial charge in [0.05, 0.1) is 10.4 Å². The molecule has 2 aliphatic rings. The van der Waals surface area contributed by atoms with Crippen molar-refractivity contribution in [2.75, 3.05) is 19.6 Å². The third-order valence-electron chi connectivity index (χ3n) is 5.00. The van der Waals surface area contributed by atoms with Crippen molar-refractivity contribution >= 4 is 27.0 Å². The molecule has 2 saturated heterocycles. The predicted molar refractivity (Wildman–Crippen MR) is 89.6 cm³/mol. The molecule has 0 radical (unpaired) electrons. The van der Waals surface area contributed by atoms with E-state index in [1.807, 2.05) is 4.90 Å². The molecule has 1 aromatic carbocycles. The Hall–Kier alpha value is -2.13. The van der Waals surface area contributed by atoms with Gasteiger partial charge in [-0.05, 0) is 37.5 Å². The summed E-state index contributed by atoms with van der Waals surface area (Å²) in [4.78, 5) is 27.6. The number of H-pyrrole nitrogens is 1. The van der Waals surface area contributed by atoms with Gasteiger partial charge in [0, 0.05) is 32.1 Å². The fraction of sp³-hybridized carbons (Fsp3) is 0.500. The number of amides is 1.